The zero-order valence-electron chi connectivity index (χ0n) is 7.97. The van der Waals surface area contributed by atoms with Gasteiger partial charge in [-0.2, -0.15) is 0 Å². The first-order valence-electron chi connectivity index (χ1n) is 3.89. The minimum absolute atomic E-state index is 0.0149. The summed E-state index contributed by atoms with van der Waals surface area (Å²) in [5.74, 6) is -0.767. The van der Waals surface area contributed by atoms with Crippen LogP contribution in [-0.2, 0) is 9.59 Å². The van der Waals surface area contributed by atoms with Gasteiger partial charge in [0.05, 0.1) is 0 Å². The second-order valence-corrected chi connectivity index (χ2v) is 3.40. The lowest BCUT2D eigenvalue weighted by Crippen LogP contribution is -2.58. The van der Waals surface area contributed by atoms with E-state index in [1.165, 1.54) is 6.92 Å². The van der Waals surface area contributed by atoms with Crippen molar-refractivity contribution in [3.8, 4) is 0 Å². The highest BCUT2D eigenvalue weighted by molar-refractivity contribution is 5.89. The number of hydrogen-bond donors (Lipinski definition) is 2. The molecule has 0 spiro atoms. The van der Waals surface area contributed by atoms with E-state index in [0.717, 1.165) is 0 Å². The van der Waals surface area contributed by atoms with Crippen molar-refractivity contribution in [3.05, 3.63) is 0 Å². The topological polar surface area (TPSA) is 72.2 Å². The van der Waals surface area contributed by atoms with Crippen LogP contribution >= 0.6 is 0 Å². The van der Waals surface area contributed by atoms with Crippen LogP contribution in [0.1, 0.15) is 27.7 Å². The minimum atomic E-state index is -0.939. The van der Waals surface area contributed by atoms with Crippen molar-refractivity contribution in [2.75, 3.05) is 0 Å². The fourth-order valence-corrected chi connectivity index (χ4v) is 0.856. The Labute approximate surface area is 72.5 Å². The average Bonchev–Trinajstić information content (AvgIpc) is 1.84. The third-order valence-electron chi connectivity index (χ3n) is 2.10. The second-order valence-electron chi connectivity index (χ2n) is 3.40. The van der Waals surface area contributed by atoms with Gasteiger partial charge in [0.2, 0.25) is 11.8 Å². The summed E-state index contributed by atoms with van der Waals surface area (Å²) in [5.41, 5.74) is 4.23. The average molecular weight is 172 g/mol. The van der Waals surface area contributed by atoms with E-state index in [0.29, 0.717) is 0 Å². The fourth-order valence-electron chi connectivity index (χ4n) is 0.856. The van der Waals surface area contributed by atoms with Crippen LogP contribution in [-0.4, -0.2) is 17.4 Å². The van der Waals surface area contributed by atoms with Crippen LogP contribution in [0.15, 0.2) is 0 Å². The SMILES string of the molecule is CC(=O)NC(C)(C(N)=O)C(C)C. The summed E-state index contributed by atoms with van der Waals surface area (Å²) >= 11 is 0. The van der Waals surface area contributed by atoms with E-state index in [1.807, 2.05) is 13.8 Å². The molecule has 1 unspecified atom stereocenters. The van der Waals surface area contributed by atoms with Crippen molar-refractivity contribution < 1.29 is 9.59 Å². The van der Waals surface area contributed by atoms with E-state index >= 15 is 0 Å². The van der Waals surface area contributed by atoms with Crippen LogP contribution in [0.5, 0.6) is 0 Å². The van der Waals surface area contributed by atoms with Gasteiger partial charge in [-0.25, -0.2) is 0 Å². The number of primary amides is 1. The molecule has 0 saturated heterocycles. The first-order chi connectivity index (χ1) is 5.30. The Hall–Kier alpha value is -1.06. The molecule has 0 aliphatic rings. The van der Waals surface area contributed by atoms with Crippen molar-refractivity contribution in [2.45, 2.75) is 33.2 Å². The van der Waals surface area contributed by atoms with Gasteiger partial charge in [-0.1, -0.05) is 13.8 Å². The van der Waals surface area contributed by atoms with Crippen LogP contribution in [0.25, 0.3) is 0 Å². The van der Waals surface area contributed by atoms with Crippen LogP contribution in [0, 0.1) is 5.92 Å². The van der Waals surface area contributed by atoms with Crippen molar-refractivity contribution in [1.82, 2.24) is 5.32 Å². The van der Waals surface area contributed by atoms with Crippen LogP contribution < -0.4 is 11.1 Å². The summed E-state index contributed by atoms with van der Waals surface area (Å²) in [6.45, 7) is 6.66. The van der Waals surface area contributed by atoms with Crippen molar-refractivity contribution >= 4 is 11.8 Å². The molecule has 4 heteroatoms. The highest BCUT2D eigenvalue weighted by Crippen LogP contribution is 2.15. The molecule has 0 heterocycles. The highest BCUT2D eigenvalue weighted by atomic mass is 16.2. The molecular formula is C8H16N2O2. The maximum Gasteiger partial charge on any atom is 0.243 e. The zero-order valence-corrected chi connectivity index (χ0v) is 7.97. The van der Waals surface area contributed by atoms with Crippen LogP contribution in [0.3, 0.4) is 0 Å². The molecule has 0 bridgehead atoms. The molecule has 0 aromatic carbocycles. The van der Waals surface area contributed by atoms with E-state index in [1.54, 1.807) is 6.92 Å². The number of nitrogens with one attached hydrogen (secondary N) is 1. The minimum Gasteiger partial charge on any atom is -0.368 e. The number of rotatable bonds is 3. The first kappa shape index (κ1) is 10.9. The van der Waals surface area contributed by atoms with Gasteiger partial charge in [-0.05, 0) is 12.8 Å². The molecule has 0 rings (SSSR count). The van der Waals surface area contributed by atoms with Gasteiger partial charge < -0.3 is 11.1 Å². The summed E-state index contributed by atoms with van der Waals surface area (Å²) < 4.78 is 0. The number of carbonyl (C=O) groups is 2. The van der Waals surface area contributed by atoms with Gasteiger partial charge in [-0.3, -0.25) is 9.59 Å². The van der Waals surface area contributed by atoms with E-state index in [2.05, 4.69) is 5.32 Å². The molecule has 3 N–H and O–H groups in total. The number of nitrogens with two attached hydrogens (primary N) is 1. The Morgan fingerprint density at radius 2 is 1.83 bits per heavy atom. The van der Waals surface area contributed by atoms with Crippen LogP contribution in [0.4, 0.5) is 0 Å². The Morgan fingerprint density at radius 1 is 1.42 bits per heavy atom. The van der Waals surface area contributed by atoms with Gasteiger partial charge in [-0.15, -0.1) is 0 Å². The molecule has 12 heavy (non-hydrogen) atoms. The van der Waals surface area contributed by atoms with Crippen molar-refractivity contribution in [1.29, 1.82) is 0 Å². The number of amides is 2. The standard InChI is InChI=1S/C8H16N2O2/c1-5(2)8(4,7(9)12)10-6(3)11/h5H,1-4H3,(H2,9,12)(H,10,11). The third-order valence-corrected chi connectivity index (χ3v) is 2.10. The molecule has 0 aliphatic heterocycles. The largest absolute Gasteiger partial charge is 0.368 e. The summed E-state index contributed by atoms with van der Waals surface area (Å²) in [5, 5.41) is 2.54. The molecule has 2 amide bonds. The van der Waals surface area contributed by atoms with E-state index in [-0.39, 0.29) is 11.8 Å². The number of carbonyl (C=O) groups excluding carboxylic acids is 2. The van der Waals surface area contributed by atoms with Gasteiger partial charge in [0.15, 0.2) is 0 Å². The molecule has 4 nitrogen and oxygen atoms in total. The van der Waals surface area contributed by atoms with Gasteiger partial charge >= 0.3 is 0 Å². The molecule has 0 aromatic rings. The maximum atomic E-state index is 11.0. The second kappa shape index (κ2) is 3.56. The van der Waals surface area contributed by atoms with Crippen LogP contribution in [0.2, 0.25) is 0 Å². The van der Waals surface area contributed by atoms with Crippen molar-refractivity contribution in [2.24, 2.45) is 11.7 Å². The predicted molar refractivity (Wildman–Crippen MR) is 46.3 cm³/mol. The maximum absolute atomic E-state index is 11.0. The molecule has 0 fully saturated rings. The van der Waals surface area contributed by atoms with E-state index in [4.69, 9.17) is 5.73 Å². The Balaban J connectivity index is 4.62. The third kappa shape index (κ3) is 2.22. The Bertz CT molecular complexity index is 201. The lowest BCUT2D eigenvalue weighted by molar-refractivity contribution is -0.131. The molecule has 70 valence electrons. The molecule has 1 atom stereocenters. The Kier molecular flexibility index (Phi) is 3.24. The number of hydrogen-bond acceptors (Lipinski definition) is 2. The van der Waals surface area contributed by atoms with Gasteiger partial charge in [0, 0.05) is 6.92 Å². The zero-order chi connectivity index (χ0) is 9.94. The molecule has 0 aromatic heterocycles. The smallest absolute Gasteiger partial charge is 0.243 e. The summed E-state index contributed by atoms with van der Waals surface area (Å²) in [7, 11) is 0. The highest BCUT2D eigenvalue weighted by Gasteiger charge is 2.35. The van der Waals surface area contributed by atoms with Gasteiger partial charge in [0.25, 0.3) is 0 Å². The Morgan fingerprint density at radius 3 is 1.92 bits per heavy atom. The molecule has 0 aliphatic carbocycles. The predicted octanol–water partition coefficient (Wildman–Crippen LogP) is 0.0225. The summed E-state index contributed by atoms with van der Waals surface area (Å²) in [4.78, 5) is 21.8. The fraction of sp³-hybridized carbons (Fsp3) is 0.750. The lowest BCUT2D eigenvalue weighted by Gasteiger charge is -2.30. The molecular weight excluding hydrogens is 156 g/mol. The molecule has 0 radical (unpaired) electrons. The normalized spacial score (nSPS) is 15.4. The van der Waals surface area contributed by atoms with E-state index in [9.17, 15) is 9.59 Å². The first-order valence-corrected chi connectivity index (χ1v) is 3.89. The quantitative estimate of drug-likeness (QED) is 0.630. The van der Waals surface area contributed by atoms with Crippen molar-refractivity contribution in [3.63, 3.8) is 0 Å². The summed E-state index contributed by atoms with van der Waals surface area (Å²) in [6.07, 6.45) is 0. The molecule has 0 saturated carbocycles. The van der Waals surface area contributed by atoms with Gasteiger partial charge in [0.1, 0.15) is 5.54 Å². The monoisotopic (exact) mass is 172 g/mol. The van der Waals surface area contributed by atoms with E-state index < -0.39 is 11.4 Å². The lowest BCUT2D eigenvalue weighted by atomic mass is 9.88. The summed E-state index contributed by atoms with van der Waals surface area (Å²) in [6, 6.07) is 0.